The van der Waals surface area contributed by atoms with E-state index < -0.39 is 0 Å². The fourth-order valence-electron chi connectivity index (χ4n) is 4.85. The van der Waals surface area contributed by atoms with Crippen LogP contribution in [0.5, 0.6) is 0 Å². The number of aryl methyl sites for hydroxylation is 1. The van der Waals surface area contributed by atoms with Gasteiger partial charge in [-0.3, -0.25) is 4.79 Å². The Hall–Kier alpha value is -2.94. The molecule has 0 saturated carbocycles. The number of nitrogens with zero attached hydrogens (tertiary/aromatic N) is 1. The molecule has 1 heterocycles. The van der Waals surface area contributed by atoms with Crippen LogP contribution in [-0.4, -0.2) is 29.9 Å². The van der Waals surface area contributed by atoms with E-state index in [1.54, 1.807) is 0 Å². The molecule has 1 atom stereocenters. The average molecular weight is 457 g/mol. The van der Waals surface area contributed by atoms with E-state index in [-0.39, 0.29) is 5.41 Å². The first-order valence-electron chi connectivity index (χ1n) is 12.5. The van der Waals surface area contributed by atoms with Crippen LogP contribution in [0, 0.1) is 13.8 Å². The van der Waals surface area contributed by atoms with Crippen molar-refractivity contribution in [3.8, 4) is 0 Å². The molecular weight excluding hydrogens is 418 g/mol. The third kappa shape index (κ3) is 6.56. The minimum Gasteiger partial charge on any atom is -0.468 e. The van der Waals surface area contributed by atoms with Gasteiger partial charge in [0, 0.05) is 24.1 Å². The molecule has 3 nitrogen and oxygen atoms in total. The van der Waals surface area contributed by atoms with Crippen LogP contribution < -0.4 is 0 Å². The summed E-state index contributed by atoms with van der Waals surface area (Å²) in [6.07, 6.45) is 15.5. The van der Waals surface area contributed by atoms with Gasteiger partial charge in [-0.25, -0.2) is 0 Å². The molecule has 0 aliphatic carbocycles. The van der Waals surface area contributed by atoms with Gasteiger partial charge < -0.3 is 4.74 Å². The number of ether oxygens (including phenoxy) is 1. The van der Waals surface area contributed by atoms with E-state index in [9.17, 15) is 4.79 Å². The second-order valence-electron chi connectivity index (χ2n) is 9.29. The Labute approximate surface area is 205 Å². The highest BCUT2D eigenvalue weighted by Gasteiger charge is 2.46. The summed E-state index contributed by atoms with van der Waals surface area (Å²) in [4.78, 5) is 10.4. The largest absolute Gasteiger partial charge is 0.468 e. The predicted molar refractivity (Wildman–Crippen MR) is 141 cm³/mol. The maximum Gasteiger partial charge on any atom is 0.293 e. The molecule has 2 radical (unpaired) electrons. The molecule has 0 N–H and O–H groups in total. The minimum absolute atomic E-state index is 0.0644. The molecule has 1 unspecified atom stereocenters. The molecule has 0 spiro atoms. The Balaban J connectivity index is 1.85. The molecule has 178 valence electrons. The van der Waals surface area contributed by atoms with Crippen LogP contribution in [0.15, 0.2) is 72.8 Å². The van der Waals surface area contributed by atoms with Crippen molar-refractivity contribution in [2.45, 2.75) is 64.2 Å². The lowest BCUT2D eigenvalue weighted by molar-refractivity contribution is -0.438. The van der Waals surface area contributed by atoms with E-state index in [0.717, 1.165) is 45.1 Å². The van der Waals surface area contributed by atoms with E-state index in [2.05, 4.69) is 91.3 Å². The van der Waals surface area contributed by atoms with Crippen molar-refractivity contribution in [3.05, 3.63) is 96.4 Å². The van der Waals surface area contributed by atoms with E-state index >= 15 is 0 Å². The molecule has 3 rings (SSSR count). The number of benzene rings is 2. The Morgan fingerprint density at radius 2 is 1.85 bits per heavy atom. The van der Waals surface area contributed by atoms with Crippen molar-refractivity contribution in [2.75, 3.05) is 13.2 Å². The summed E-state index contributed by atoms with van der Waals surface area (Å²) in [6.45, 7) is 12.5. The minimum atomic E-state index is -0.0644. The fraction of sp³-hybridized carbons (Fsp3) is 0.387. The number of allylic oxidation sites excluding steroid dienone is 4. The van der Waals surface area contributed by atoms with Crippen molar-refractivity contribution in [3.63, 3.8) is 0 Å². The van der Waals surface area contributed by atoms with Crippen LogP contribution in [-0.2, 0) is 21.4 Å². The first kappa shape index (κ1) is 25.7. The van der Waals surface area contributed by atoms with Crippen molar-refractivity contribution >= 4 is 17.9 Å². The van der Waals surface area contributed by atoms with Gasteiger partial charge in [0.25, 0.3) is 6.47 Å². The highest BCUT2D eigenvalue weighted by Crippen LogP contribution is 2.44. The maximum atomic E-state index is 10.4. The Morgan fingerprint density at radius 1 is 1.03 bits per heavy atom. The number of carbonyl (C=O) groups is 1. The number of carbonyl (C=O) groups excluding carboxylic acids is 1. The van der Waals surface area contributed by atoms with Crippen molar-refractivity contribution in [2.24, 2.45) is 0 Å². The van der Waals surface area contributed by atoms with Gasteiger partial charge >= 0.3 is 0 Å². The number of hydrogen-bond acceptors (Lipinski definition) is 2. The molecule has 0 aromatic heterocycles. The summed E-state index contributed by atoms with van der Waals surface area (Å²) in [6, 6.07) is 17.4. The molecule has 0 amide bonds. The van der Waals surface area contributed by atoms with Gasteiger partial charge in [0.2, 0.25) is 5.69 Å². The van der Waals surface area contributed by atoms with Crippen LogP contribution in [0.2, 0.25) is 0 Å². The normalized spacial score (nSPS) is 17.6. The first-order chi connectivity index (χ1) is 16.6. The van der Waals surface area contributed by atoms with Crippen LogP contribution >= 0.6 is 0 Å². The summed E-state index contributed by atoms with van der Waals surface area (Å²) >= 11 is 0. The third-order valence-electron chi connectivity index (χ3n) is 6.68. The smallest absolute Gasteiger partial charge is 0.293 e. The van der Waals surface area contributed by atoms with E-state index in [1.807, 2.05) is 0 Å². The average Bonchev–Trinajstić information content (AvgIpc) is 3.07. The number of hydrogen-bond donors (Lipinski definition) is 0. The monoisotopic (exact) mass is 456 g/mol. The molecule has 3 heteroatoms. The maximum absolute atomic E-state index is 10.4. The second kappa shape index (κ2) is 13.1. The lowest BCUT2D eigenvalue weighted by Gasteiger charge is -2.22. The molecular formula is C31H38NO2+. The van der Waals surface area contributed by atoms with Gasteiger partial charge in [0.1, 0.15) is 6.54 Å². The number of rotatable bonds is 14. The van der Waals surface area contributed by atoms with Crippen LogP contribution in [0.4, 0.5) is 5.69 Å². The van der Waals surface area contributed by atoms with E-state index in [0.29, 0.717) is 19.5 Å². The lowest BCUT2D eigenvalue weighted by Crippen LogP contribution is -2.31. The molecule has 2 aromatic carbocycles. The zero-order valence-corrected chi connectivity index (χ0v) is 20.7. The molecule has 0 fully saturated rings. The van der Waals surface area contributed by atoms with Gasteiger partial charge in [0.05, 0.1) is 12.0 Å². The molecule has 1 aliphatic rings. The zero-order valence-electron chi connectivity index (χ0n) is 20.7. The Kier molecular flexibility index (Phi) is 9.88. The Morgan fingerprint density at radius 3 is 2.62 bits per heavy atom. The third-order valence-corrected chi connectivity index (χ3v) is 6.68. The van der Waals surface area contributed by atoms with Crippen LogP contribution in [0.25, 0.3) is 0 Å². The van der Waals surface area contributed by atoms with Gasteiger partial charge in [-0.1, -0.05) is 66.6 Å². The summed E-state index contributed by atoms with van der Waals surface area (Å²) in [5, 5.41) is 0. The lowest BCUT2D eigenvalue weighted by atomic mass is 9.75. The standard InChI is InChI=1S/C31H38NO2/c1-4-5-21-31(3)28-24-26(2)19-20-29(28)32(22-13-8-14-23-34-25-33)30(31)18-12-7-11-17-27-15-9-6-10-16-27/h1,6-7,9-12,15-16,18-20,24-25H,4-5,8,13-14,17,21-23H2,2-3H3/q+1. The van der Waals surface area contributed by atoms with Crippen molar-refractivity contribution in [1.82, 2.24) is 0 Å². The van der Waals surface area contributed by atoms with Crippen molar-refractivity contribution < 1.29 is 14.1 Å². The molecule has 0 bridgehead atoms. The van der Waals surface area contributed by atoms with E-state index in [1.165, 1.54) is 28.1 Å². The van der Waals surface area contributed by atoms with Gasteiger partial charge in [0.15, 0.2) is 5.71 Å². The topological polar surface area (TPSA) is 29.3 Å². The molecule has 34 heavy (non-hydrogen) atoms. The summed E-state index contributed by atoms with van der Waals surface area (Å²) in [7, 11) is 0. The van der Waals surface area contributed by atoms with Gasteiger partial charge in [-0.05, 0) is 64.5 Å². The highest BCUT2D eigenvalue weighted by atomic mass is 16.5. The highest BCUT2D eigenvalue weighted by molar-refractivity contribution is 6.03. The van der Waals surface area contributed by atoms with Crippen LogP contribution in [0.1, 0.15) is 62.1 Å². The molecule has 2 aromatic rings. The molecule has 0 saturated heterocycles. The fourth-order valence-corrected chi connectivity index (χ4v) is 4.85. The Bertz CT molecular complexity index is 1020. The van der Waals surface area contributed by atoms with Gasteiger partial charge in [-0.15, -0.1) is 0 Å². The predicted octanol–water partition coefficient (Wildman–Crippen LogP) is 6.93. The summed E-state index contributed by atoms with van der Waals surface area (Å²) < 4.78 is 7.34. The zero-order chi connectivity index (χ0) is 24.2. The SMILES string of the molecule is [CH]CCCC1(C)C(C=CC=CCc2ccccc2)=[N+](CCCCCOC=O)c2ccc(C)cc21. The second-order valence-corrected chi connectivity index (χ2v) is 9.29. The number of fused-ring (bicyclic) bond motifs is 1. The molecule has 1 aliphatic heterocycles. The van der Waals surface area contributed by atoms with Crippen LogP contribution in [0.3, 0.4) is 0 Å². The van der Waals surface area contributed by atoms with Gasteiger partial charge in [-0.2, -0.15) is 4.58 Å². The number of unbranched alkanes of at least 4 members (excludes halogenated alkanes) is 3. The van der Waals surface area contributed by atoms with E-state index in [4.69, 9.17) is 11.7 Å². The quantitative estimate of drug-likeness (QED) is 0.133. The summed E-state index contributed by atoms with van der Waals surface area (Å²) in [5.41, 5.74) is 6.59. The first-order valence-corrected chi connectivity index (χ1v) is 12.5. The van der Waals surface area contributed by atoms with Crippen molar-refractivity contribution in [1.29, 1.82) is 0 Å². The summed E-state index contributed by atoms with van der Waals surface area (Å²) in [5.74, 6) is 0.